The van der Waals surface area contributed by atoms with Crippen LogP contribution >= 0.6 is 11.6 Å². The highest BCUT2D eigenvalue weighted by atomic mass is 35.5. The lowest BCUT2D eigenvalue weighted by atomic mass is 9.91. The van der Waals surface area contributed by atoms with Gasteiger partial charge in [0.2, 0.25) is 5.89 Å². The van der Waals surface area contributed by atoms with Crippen LogP contribution in [0.1, 0.15) is 35.8 Å². The number of oxazole rings is 1. The molecule has 1 aliphatic carbocycles. The molecule has 0 saturated carbocycles. The van der Waals surface area contributed by atoms with Gasteiger partial charge in [0.1, 0.15) is 11.5 Å². The van der Waals surface area contributed by atoms with Crippen LogP contribution in [-0.2, 0) is 12.8 Å². The SMILES string of the molecule is Clc1ccccc1C1CCCc2oc(-c3ccccn3)nc2C1. The molecule has 1 atom stereocenters. The summed E-state index contributed by atoms with van der Waals surface area (Å²) < 4.78 is 5.98. The van der Waals surface area contributed by atoms with E-state index in [9.17, 15) is 0 Å². The van der Waals surface area contributed by atoms with Gasteiger partial charge < -0.3 is 4.42 Å². The van der Waals surface area contributed by atoms with Gasteiger partial charge in [-0.15, -0.1) is 0 Å². The summed E-state index contributed by atoms with van der Waals surface area (Å²) in [4.78, 5) is 9.04. The number of aromatic nitrogens is 2. The van der Waals surface area contributed by atoms with E-state index in [4.69, 9.17) is 21.0 Å². The molecule has 4 heteroatoms. The highest BCUT2D eigenvalue weighted by molar-refractivity contribution is 6.31. The zero-order valence-electron chi connectivity index (χ0n) is 12.7. The molecule has 116 valence electrons. The van der Waals surface area contributed by atoms with E-state index in [1.165, 1.54) is 5.56 Å². The Morgan fingerprint density at radius 2 is 1.96 bits per heavy atom. The molecule has 1 aromatic carbocycles. The van der Waals surface area contributed by atoms with Gasteiger partial charge in [-0.3, -0.25) is 4.98 Å². The smallest absolute Gasteiger partial charge is 0.245 e. The predicted octanol–water partition coefficient (Wildman–Crippen LogP) is 5.05. The standard InChI is InChI=1S/C19H17ClN2O/c20-15-8-2-1-7-14(15)13-6-5-10-18-17(12-13)22-19(23-18)16-9-3-4-11-21-16/h1-4,7-9,11,13H,5-6,10,12H2. The molecule has 0 saturated heterocycles. The quantitative estimate of drug-likeness (QED) is 0.619. The van der Waals surface area contributed by atoms with Crippen molar-refractivity contribution in [2.75, 3.05) is 0 Å². The third kappa shape index (κ3) is 2.89. The molecule has 0 amide bonds. The molecule has 0 fully saturated rings. The normalized spacial score (nSPS) is 17.5. The van der Waals surface area contributed by atoms with E-state index >= 15 is 0 Å². The second-order valence-corrected chi connectivity index (χ2v) is 6.33. The Morgan fingerprint density at radius 1 is 1.09 bits per heavy atom. The first-order valence-electron chi connectivity index (χ1n) is 7.95. The second-order valence-electron chi connectivity index (χ2n) is 5.92. The molecule has 23 heavy (non-hydrogen) atoms. The highest BCUT2D eigenvalue weighted by Crippen LogP contribution is 2.36. The number of nitrogens with zero attached hydrogens (tertiary/aromatic N) is 2. The minimum absolute atomic E-state index is 0.395. The molecule has 1 aliphatic rings. The maximum Gasteiger partial charge on any atom is 0.245 e. The van der Waals surface area contributed by atoms with Crippen LogP contribution in [0.4, 0.5) is 0 Å². The van der Waals surface area contributed by atoms with E-state index in [-0.39, 0.29) is 0 Å². The molecule has 1 unspecified atom stereocenters. The zero-order valence-corrected chi connectivity index (χ0v) is 13.5. The minimum atomic E-state index is 0.395. The van der Waals surface area contributed by atoms with Gasteiger partial charge >= 0.3 is 0 Å². The van der Waals surface area contributed by atoms with E-state index in [1.807, 2.05) is 30.3 Å². The van der Waals surface area contributed by atoms with E-state index in [1.54, 1.807) is 6.20 Å². The Bertz CT molecular complexity index is 813. The van der Waals surface area contributed by atoms with Crippen molar-refractivity contribution >= 4 is 11.6 Å². The number of hydrogen-bond acceptors (Lipinski definition) is 3. The summed E-state index contributed by atoms with van der Waals surface area (Å²) in [5, 5.41) is 0.842. The lowest BCUT2D eigenvalue weighted by Gasteiger charge is -2.15. The van der Waals surface area contributed by atoms with Crippen molar-refractivity contribution in [2.24, 2.45) is 0 Å². The molecule has 3 nitrogen and oxygen atoms in total. The van der Waals surface area contributed by atoms with E-state index < -0.39 is 0 Å². The lowest BCUT2D eigenvalue weighted by molar-refractivity contribution is 0.505. The van der Waals surface area contributed by atoms with Crippen LogP contribution in [0, 0.1) is 0 Å². The van der Waals surface area contributed by atoms with Crippen LogP contribution in [0.5, 0.6) is 0 Å². The van der Waals surface area contributed by atoms with Gasteiger partial charge in [-0.2, -0.15) is 0 Å². The number of benzene rings is 1. The van der Waals surface area contributed by atoms with Crippen LogP contribution in [0.2, 0.25) is 5.02 Å². The van der Waals surface area contributed by atoms with Gasteiger partial charge in [-0.05, 0) is 42.5 Å². The summed E-state index contributed by atoms with van der Waals surface area (Å²) in [6.45, 7) is 0. The van der Waals surface area contributed by atoms with Crippen molar-refractivity contribution in [3.05, 3.63) is 70.7 Å². The van der Waals surface area contributed by atoms with Crippen LogP contribution in [-0.4, -0.2) is 9.97 Å². The summed E-state index contributed by atoms with van der Waals surface area (Å²) in [5.74, 6) is 2.02. The van der Waals surface area contributed by atoms with Crippen LogP contribution < -0.4 is 0 Å². The van der Waals surface area contributed by atoms with Crippen LogP contribution in [0.3, 0.4) is 0 Å². The zero-order chi connectivity index (χ0) is 15.6. The lowest BCUT2D eigenvalue weighted by Crippen LogP contribution is -2.03. The predicted molar refractivity (Wildman–Crippen MR) is 90.6 cm³/mol. The Balaban J connectivity index is 1.67. The van der Waals surface area contributed by atoms with Gasteiger partial charge in [0, 0.05) is 24.1 Å². The molecule has 0 aliphatic heterocycles. The number of rotatable bonds is 2. The van der Waals surface area contributed by atoms with Gasteiger partial charge in [0.15, 0.2) is 0 Å². The van der Waals surface area contributed by atoms with Crippen LogP contribution in [0.15, 0.2) is 53.1 Å². The van der Waals surface area contributed by atoms with E-state index in [0.29, 0.717) is 11.8 Å². The van der Waals surface area contributed by atoms with Crippen LogP contribution in [0.25, 0.3) is 11.6 Å². The summed E-state index contributed by atoms with van der Waals surface area (Å²) in [6.07, 6.45) is 5.75. The first-order chi connectivity index (χ1) is 11.3. The van der Waals surface area contributed by atoms with E-state index in [2.05, 4.69) is 17.1 Å². The summed E-state index contributed by atoms with van der Waals surface area (Å²) in [5.41, 5.74) is 3.05. The van der Waals surface area contributed by atoms with Gasteiger partial charge in [0.25, 0.3) is 0 Å². The monoisotopic (exact) mass is 324 g/mol. The molecule has 2 aromatic heterocycles. The fraction of sp³-hybridized carbons (Fsp3) is 0.263. The van der Waals surface area contributed by atoms with E-state index in [0.717, 1.165) is 47.9 Å². The fourth-order valence-corrected chi connectivity index (χ4v) is 3.54. The molecule has 3 aromatic rings. The number of fused-ring (bicyclic) bond motifs is 1. The number of halogens is 1. The second kappa shape index (κ2) is 6.17. The number of hydrogen-bond donors (Lipinski definition) is 0. The Morgan fingerprint density at radius 3 is 2.78 bits per heavy atom. The number of pyridine rings is 1. The number of aryl methyl sites for hydroxylation is 1. The van der Waals surface area contributed by atoms with Crippen molar-refractivity contribution in [3.8, 4) is 11.6 Å². The minimum Gasteiger partial charge on any atom is -0.440 e. The highest BCUT2D eigenvalue weighted by Gasteiger charge is 2.24. The van der Waals surface area contributed by atoms with Crippen molar-refractivity contribution in [1.29, 1.82) is 0 Å². The summed E-state index contributed by atoms with van der Waals surface area (Å²) in [6, 6.07) is 13.9. The van der Waals surface area contributed by atoms with Gasteiger partial charge in [-0.1, -0.05) is 35.9 Å². The molecular weight excluding hydrogens is 308 g/mol. The largest absolute Gasteiger partial charge is 0.440 e. The topological polar surface area (TPSA) is 38.9 Å². The fourth-order valence-electron chi connectivity index (χ4n) is 3.25. The molecule has 0 N–H and O–H groups in total. The Labute approximate surface area is 140 Å². The first-order valence-corrected chi connectivity index (χ1v) is 8.33. The molecule has 2 heterocycles. The average molecular weight is 325 g/mol. The summed E-state index contributed by atoms with van der Waals surface area (Å²) in [7, 11) is 0. The van der Waals surface area contributed by atoms with Crippen molar-refractivity contribution < 1.29 is 4.42 Å². The third-order valence-electron chi connectivity index (χ3n) is 4.40. The van der Waals surface area contributed by atoms with Crippen molar-refractivity contribution in [1.82, 2.24) is 9.97 Å². The molecule has 0 spiro atoms. The molecule has 4 rings (SSSR count). The third-order valence-corrected chi connectivity index (χ3v) is 4.75. The maximum absolute atomic E-state index is 6.39. The average Bonchev–Trinajstić information content (AvgIpc) is 2.88. The maximum atomic E-state index is 6.39. The van der Waals surface area contributed by atoms with Gasteiger partial charge in [-0.25, -0.2) is 4.98 Å². The van der Waals surface area contributed by atoms with Crippen molar-refractivity contribution in [2.45, 2.75) is 31.6 Å². The van der Waals surface area contributed by atoms with Gasteiger partial charge in [0.05, 0.1) is 5.69 Å². The molecule has 0 radical (unpaired) electrons. The molecule has 0 bridgehead atoms. The summed E-state index contributed by atoms with van der Waals surface area (Å²) >= 11 is 6.39. The Kier molecular flexibility index (Phi) is 3.88. The Hall–Kier alpha value is -2.13. The first kappa shape index (κ1) is 14.5. The van der Waals surface area contributed by atoms with Crippen molar-refractivity contribution in [3.63, 3.8) is 0 Å². The molecular formula is C19H17ClN2O.